The van der Waals surface area contributed by atoms with Crippen LogP contribution in [-0.4, -0.2) is 29.3 Å². The van der Waals surface area contributed by atoms with Gasteiger partial charge in [0, 0.05) is 0 Å². The summed E-state index contributed by atoms with van der Waals surface area (Å²) in [6, 6.07) is 13.8. The van der Waals surface area contributed by atoms with Gasteiger partial charge in [0.15, 0.2) is 0 Å². The maximum absolute atomic E-state index is 12.4. The maximum atomic E-state index is 12.4. The predicted octanol–water partition coefficient (Wildman–Crippen LogP) is 2.08. The quantitative estimate of drug-likeness (QED) is 0.877. The van der Waals surface area contributed by atoms with Crippen LogP contribution in [0.3, 0.4) is 0 Å². The minimum atomic E-state index is -0.252. The van der Waals surface area contributed by atoms with Gasteiger partial charge in [-0.3, -0.25) is 19.8 Å². The van der Waals surface area contributed by atoms with Crippen molar-refractivity contribution in [1.29, 1.82) is 0 Å². The predicted molar refractivity (Wildman–Crippen MR) is 81.6 cm³/mol. The molecule has 0 bridgehead atoms. The summed E-state index contributed by atoms with van der Waals surface area (Å²) in [5.74, 6) is -0.278. The first-order chi connectivity index (χ1) is 10.2. The van der Waals surface area contributed by atoms with E-state index in [4.69, 9.17) is 0 Å². The van der Waals surface area contributed by atoms with Gasteiger partial charge in [-0.05, 0) is 22.8 Å². The topological polar surface area (TPSA) is 49.4 Å². The number of benzene rings is 2. The van der Waals surface area contributed by atoms with E-state index in [1.807, 2.05) is 49.4 Å². The second-order valence-electron chi connectivity index (χ2n) is 5.30. The molecule has 0 radical (unpaired) electrons. The van der Waals surface area contributed by atoms with E-state index in [-0.39, 0.29) is 24.4 Å². The normalized spacial score (nSPS) is 19.3. The fourth-order valence-corrected chi connectivity index (χ4v) is 2.79. The molecule has 2 amide bonds. The molecule has 0 saturated carbocycles. The van der Waals surface area contributed by atoms with E-state index in [9.17, 15) is 9.59 Å². The number of imide groups is 1. The zero-order valence-electron chi connectivity index (χ0n) is 12.0. The largest absolute Gasteiger partial charge is 0.297 e. The Balaban J connectivity index is 1.94. The number of amides is 2. The van der Waals surface area contributed by atoms with Crippen LogP contribution in [0.15, 0.2) is 42.5 Å². The number of rotatable bonds is 3. The molecule has 1 saturated heterocycles. The summed E-state index contributed by atoms with van der Waals surface area (Å²) >= 11 is 0. The van der Waals surface area contributed by atoms with Gasteiger partial charge < -0.3 is 0 Å². The van der Waals surface area contributed by atoms with E-state index in [1.165, 1.54) is 4.90 Å². The summed E-state index contributed by atoms with van der Waals surface area (Å²) in [5.41, 5.74) is 1.01. The van der Waals surface area contributed by atoms with E-state index in [0.29, 0.717) is 13.0 Å². The number of hydrogen-bond donors (Lipinski definition) is 1. The molecule has 1 unspecified atom stereocenters. The molecule has 4 heteroatoms. The lowest BCUT2D eigenvalue weighted by Crippen LogP contribution is -2.57. The van der Waals surface area contributed by atoms with Gasteiger partial charge in [-0.2, -0.15) is 0 Å². The van der Waals surface area contributed by atoms with Crippen molar-refractivity contribution in [3.05, 3.63) is 48.0 Å². The van der Waals surface area contributed by atoms with Gasteiger partial charge in [-0.1, -0.05) is 49.4 Å². The molecule has 0 aromatic heterocycles. The summed E-state index contributed by atoms with van der Waals surface area (Å²) in [6.45, 7) is 2.52. The zero-order valence-corrected chi connectivity index (χ0v) is 12.0. The summed E-state index contributed by atoms with van der Waals surface area (Å²) in [4.78, 5) is 25.8. The third-order valence-electron chi connectivity index (χ3n) is 3.98. The molecule has 1 aliphatic heterocycles. The molecular weight excluding hydrogens is 264 g/mol. The van der Waals surface area contributed by atoms with E-state index < -0.39 is 0 Å². The molecule has 2 aromatic rings. The molecule has 0 spiro atoms. The van der Waals surface area contributed by atoms with Gasteiger partial charge in [0.2, 0.25) is 11.8 Å². The van der Waals surface area contributed by atoms with Crippen LogP contribution in [-0.2, 0) is 16.1 Å². The number of carbonyl (C=O) groups excluding carboxylic acids is 2. The fraction of sp³-hybridized carbons (Fsp3) is 0.294. The SMILES string of the molecule is CCC1NCC(=O)N(Cc2cccc3ccccc23)C1=O. The standard InChI is InChI=1S/C17H18N2O2/c1-2-15-17(21)19(16(20)10-18-15)11-13-8-5-7-12-6-3-4-9-14(12)13/h3-9,15,18H,2,10-11H2,1H3. The van der Waals surface area contributed by atoms with E-state index in [2.05, 4.69) is 5.32 Å². The number of hydrogen-bond acceptors (Lipinski definition) is 3. The highest BCUT2D eigenvalue weighted by Crippen LogP contribution is 2.21. The van der Waals surface area contributed by atoms with Crippen LogP contribution in [0.5, 0.6) is 0 Å². The summed E-state index contributed by atoms with van der Waals surface area (Å²) in [6.07, 6.45) is 0.693. The number of nitrogens with one attached hydrogen (secondary N) is 1. The van der Waals surface area contributed by atoms with Crippen molar-refractivity contribution in [2.24, 2.45) is 0 Å². The second kappa shape index (κ2) is 5.66. The smallest absolute Gasteiger partial charge is 0.246 e. The van der Waals surface area contributed by atoms with Gasteiger partial charge in [0.05, 0.1) is 19.1 Å². The van der Waals surface area contributed by atoms with E-state index in [1.54, 1.807) is 0 Å². The zero-order chi connectivity index (χ0) is 14.8. The first kappa shape index (κ1) is 13.8. The van der Waals surface area contributed by atoms with Gasteiger partial charge in [-0.25, -0.2) is 0 Å². The fourth-order valence-electron chi connectivity index (χ4n) is 2.79. The van der Waals surface area contributed by atoms with Crippen molar-refractivity contribution in [2.75, 3.05) is 6.54 Å². The summed E-state index contributed by atoms with van der Waals surface area (Å²) in [5, 5.41) is 5.19. The third kappa shape index (κ3) is 2.54. The van der Waals surface area contributed by atoms with Crippen molar-refractivity contribution < 1.29 is 9.59 Å². The molecule has 21 heavy (non-hydrogen) atoms. The highest BCUT2D eigenvalue weighted by molar-refractivity contribution is 6.01. The van der Waals surface area contributed by atoms with Gasteiger partial charge in [-0.15, -0.1) is 0 Å². The van der Waals surface area contributed by atoms with Gasteiger partial charge in [0.25, 0.3) is 0 Å². The lowest BCUT2D eigenvalue weighted by Gasteiger charge is -2.31. The number of carbonyl (C=O) groups is 2. The van der Waals surface area contributed by atoms with Gasteiger partial charge >= 0.3 is 0 Å². The Hall–Kier alpha value is -2.20. The average molecular weight is 282 g/mol. The number of nitrogens with zero attached hydrogens (tertiary/aromatic N) is 1. The van der Waals surface area contributed by atoms with Crippen LogP contribution in [0.1, 0.15) is 18.9 Å². The Labute approximate surface area is 123 Å². The Bertz CT molecular complexity index is 691. The first-order valence-electron chi connectivity index (χ1n) is 7.25. The van der Waals surface area contributed by atoms with Crippen LogP contribution < -0.4 is 5.32 Å². The minimum absolute atomic E-state index is 0.123. The lowest BCUT2D eigenvalue weighted by molar-refractivity contribution is -0.150. The van der Waals surface area contributed by atoms with Crippen LogP contribution in [0.25, 0.3) is 10.8 Å². The average Bonchev–Trinajstić information content (AvgIpc) is 2.52. The first-order valence-corrected chi connectivity index (χ1v) is 7.25. The molecule has 1 N–H and O–H groups in total. The highest BCUT2D eigenvalue weighted by Gasteiger charge is 2.32. The summed E-state index contributed by atoms with van der Waals surface area (Å²) < 4.78 is 0. The maximum Gasteiger partial charge on any atom is 0.246 e. The Morgan fingerprint density at radius 2 is 1.90 bits per heavy atom. The van der Waals surface area contributed by atoms with E-state index >= 15 is 0 Å². The van der Waals surface area contributed by atoms with Crippen LogP contribution in [0.2, 0.25) is 0 Å². The van der Waals surface area contributed by atoms with Crippen LogP contribution >= 0.6 is 0 Å². The molecule has 4 nitrogen and oxygen atoms in total. The Morgan fingerprint density at radius 3 is 2.71 bits per heavy atom. The van der Waals surface area contributed by atoms with Crippen molar-refractivity contribution in [3.8, 4) is 0 Å². The summed E-state index contributed by atoms with van der Waals surface area (Å²) in [7, 11) is 0. The molecule has 108 valence electrons. The van der Waals surface area contributed by atoms with Crippen LogP contribution in [0, 0.1) is 0 Å². The van der Waals surface area contributed by atoms with Crippen molar-refractivity contribution >= 4 is 22.6 Å². The Kier molecular flexibility index (Phi) is 3.71. The van der Waals surface area contributed by atoms with Crippen molar-refractivity contribution in [1.82, 2.24) is 10.2 Å². The molecule has 1 atom stereocenters. The Morgan fingerprint density at radius 1 is 1.14 bits per heavy atom. The lowest BCUT2D eigenvalue weighted by atomic mass is 10.0. The van der Waals surface area contributed by atoms with Crippen molar-refractivity contribution in [3.63, 3.8) is 0 Å². The minimum Gasteiger partial charge on any atom is -0.297 e. The number of piperazine rings is 1. The number of fused-ring (bicyclic) bond motifs is 1. The van der Waals surface area contributed by atoms with Crippen LogP contribution in [0.4, 0.5) is 0 Å². The molecule has 1 fully saturated rings. The van der Waals surface area contributed by atoms with Crippen molar-refractivity contribution in [2.45, 2.75) is 25.9 Å². The monoisotopic (exact) mass is 282 g/mol. The van der Waals surface area contributed by atoms with E-state index in [0.717, 1.165) is 16.3 Å². The third-order valence-corrected chi connectivity index (χ3v) is 3.98. The molecular formula is C17H18N2O2. The molecule has 0 aliphatic carbocycles. The van der Waals surface area contributed by atoms with Gasteiger partial charge in [0.1, 0.15) is 0 Å². The molecule has 1 aliphatic rings. The second-order valence-corrected chi connectivity index (χ2v) is 5.30. The molecule has 3 rings (SSSR count). The highest BCUT2D eigenvalue weighted by atomic mass is 16.2. The molecule has 1 heterocycles. The molecule has 2 aromatic carbocycles.